The molecule has 0 saturated heterocycles. The molecule has 14 heavy (non-hydrogen) atoms. The number of carboxylic acids is 1. The molecule has 0 aromatic carbocycles. The highest BCUT2D eigenvalue weighted by atomic mass is 16.4. The second-order valence-electron chi connectivity index (χ2n) is 3.52. The van der Waals surface area contributed by atoms with Crippen molar-refractivity contribution in [2.24, 2.45) is 0 Å². The van der Waals surface area contributed by atoms with Crippen LogP contribution in [0.3, 0.4) is 0 Å². The van der Waals surface area contributed by atoms with Crippen molar-refractivity contribution in [3.8, 4) is 11.8 Å². The third-order valence-electron chi connectivity index (χ3n) is 2.34. The molecule has 0 unspecified atom stereocenters. The van der Waals surface area contributed by atoms with Crippen molar-refractivity contribution in [3.63, 3.8) is 0 Å². The van der Waals surface area contributed by atoms with Gasteiger partial charge in [0.1, 0.15) is 0 Å². The third-order valence-corrected chi connectivity index (χ3v) is 2.34. The van der Waals surface area contributed by atoms with Gasteiger partial charge >= 0.3 is 5.97 Å². The lowest BCUT2D eigenvalue weighted by Crippen LogP contribution is -2.08. The summed E-state index contributed by atoms with van der Waals surface area (Å²) in [5.41, 5.74) is 1.40. The molecule has 0 fully saturated rings. The van der Waals surface area contributed by atoms with Crippen molar-refractivity contribution in [2.75, 3.05) is 0 Å². The lowest BCUT2D eigenvalue weighted by Gasteiger charge is -2.12. The summed E-state index contributed by atoms with van der Waals surface area (Å²) in [6.45, 7) is 2.07. The summed E-state index contributed by atoms with van der Waals surface area (Å²) < 4.78 is 0. The van der Waals surface area contributed by atoms with Gasteiger partial charge in [0.15, 0.2) is 0 Å². The van der Waals surface area contributed by atoms with E-state index in [2.05, 4.69) is 18.8 Å². The first-order valence-electron chi connectivity index (χ1n) is 5.20. The molecule has 0 radical (unpaired) electrons. The van der Waals surface area contributed by atoms with Crippen LogP contribution in [0.5, 0.6) is 0 Å². The number of rotatable bonds is 2. The number of hydrogen-bond donors (Lipinski definition) is 1. The maximum atomic E-state index is 10.9. The van der Waals surface area contributed by atoms with Gasteiger partial charge < -0.3 is 5.11 Å². The summed E-state index contributed by atoms with van der Waals surface area (Å²) >= 11 is 0. The van der Waals surface area contributed by atoms with Gasteiger partial charge in [0, 0.05) is 17.6 Å². The minimum Gasteiger partial charge on any atom is -0.478 e. The highest BCUT2D eigenvalue weighted by Crippen LogP contribution is 2.24. The van der Waals surface area contributed by atoms with E-state index in [1.165, 1.54) is 0 Å². The topological polar surface area (TPSA) is 37.3 Å². The zero-order chi connectivity index (χ0) is 10.4. The van der Waals surface area contributed by atoms with Crippen LogP contribution in [0.1, 0.15) is 45.4 Å². The molecule has 0 amide bonds. The quantitative estimate of drug-likeness (QED) is 0.683. The van der Waals surface area contributed by atoms with Crippen molar-refractivity contribution >= 4 is 5.97 Å². The molecule has 76 valence electrons. The largest absolute Gasteiger partial charge is 0.478 e. The van der Waals surface area contributed by atoms with E-state index < -0.39 is 5.97 Å². The minimum absolute atomic E-state index is 0.542. The van der Waals surface area contributed by atoms with E-state index >= 15 is 0 Å². The molecule has 0 aliphatic heterocycles. The van der Waals surface area contributed by atoms with Gasteiger partial charge in [0.25, 0.3) is 0 Å². The van der Waals surface area contributed by atoms with Crippen LogP contribution < -0.4 is 0 Å². The predicted octanol–water partition coefficient (Wildman–Crippen LogP) is 2.75. The minimum atomic E-state index is -0.787. The van der Waals surface area contributed by atoms with E-state index in [0.717, 1.165) is 37.7 Å². The summed E-state index contributed by atoms with van der Waals surface area (Å²) in [6.07, 6.45) is 5.48. The molecule has 0 atom stereocenters. The van der Waals surface area contributed by atoms with Crippen LogP contribution >= 0.6 is 0 Å². The number of hydrogen-bond acceptors (Lipinski definition) is 1. The van der Waals surface area contributed by atoms with Crippen LogP contribution in [0.25, 0.3) is 0 Å². The molecule has 0 aromatic rings. The number of carbonyl (C=O) groups is 1. The van der Waals surface area contributed by atoms with Crippen molar-refractivity contribution in [3.05, 3.63) is 11.1 Å². The van der Waals surface area contributed by atoms with Crippen LogP contribution in [0.2, 0.25) is 0 Å². The van der Waals surface area contributed by atoms with E-state index in [1.54, 1.807) is 0 Å². The lowest BCUT2D eigenvalue weighted by atomic mass is 9.92. The van der Waals surface area contributed by atoms with E-state index in [1.807, 2.05) is 0 Å². The Morgan fingerprint density at radius 1 is 1.43 bits per heavy atom. The van der Waals surface area contributed by atoms with E-state index in [9.17, 15) is 4.79 Å². The molecule has 0 heterocycles. The molecule has 2 heteroatoms. The van der Waals surface area contributed by atoms with Crippen LogP contribution in [-0.4, -0.2) is 11.1 Å². The number of aliphatic carboxylic acids is 1. The van der Waals surface area contributed by atoms with Gasteiger partial charge in [-0.3, -0.25) is 0 Å². The fraction of sp³-hybridized carbons (Fsp3) is 0.583. The second-order valence-corrected chi connectivity index (χ2v) is 3.52. The normalized spacial score (nSPS) is 16.1. The monoisotopic (exact) mass is 192 g/mol. The van der Waals surface area contributed by atoms with E-state index in [-0.39, 0.29) is 0 Å². The van der Waals surface area contributed by atoms with Crippen LogP contribution in [0.15, 0.2) is 11.1 Å². The maximum absolute atomic E-state index is 10.9. The fourth-order valence-corrected chi connectivity index (χ4v) is 1.57. The second kappa shape index (κ2) is 5.49. The highest BCUT2D eigenvalue weighted by Gasteiger charge is 2.16. The summed E-state index contributed by atoms with van der Waals surface area (Å²) in [6, 6.07) is 0. The Hall–Kier alpha value is -1.23. The van der Waals surface area contributed by atoms with Gasteiger partial charge in [-0.05, 0) is 32.1 Å². The Labute approximate surface area is 85.0 Å². The van der Waals surface area contributed by atoms with Gasteiger partial charge in [0.2, 0.25) is 0 Å². The lowest BCUT2D eigenvalue weighted by molar-refractivity contribution is -0.132. The molecule has 1 N–H and O–H groups in total. The molecular formula is C12H16O2. The Balaban J connectivity index is 2.80. The molecule has 1 aliphatic carbocycles. The van der Waals surface area contributed by atoms with Gasteiger partial charge in [-0.15, -0.1) is 0 Å². The molecule has 2 nitrogen and oxygen atoms in total. The first kappa shape index (κ1) is 10.8. The Morgan fingerprint density at radius 2 is 2.14 bits per heavy atom. The first-order chi connectivity index (χ1) is 6.75. The SMILES string of the molecule is CCCC#CC1=C(C(=O)O)CCCC1. The molecule has 1 aliphatic rings. The van der Waals surface area contributed by atoms with E-state index in [0.29, 0.717) is 12.0 Å². The predicted molar refractivity (Wildman–Crippen MR) is 55.8 cm³/mol. The van der Waals surface area contributed by atoms with Crippen molar-refractivity contribution in [1.29, 1.82) is 0 Å². The zero-order valence-electron chi connectivity index (χ0n) is 8.60. The molecule has 0 spiro atoms. The summed E-state index contributed by atoms with van der Waals surface area (Å²) in [5, 5.41) is 8.94. The van der Waals surface area contributed by atoms with Gasteiger partial charge in [-0.1, -0.05) is 18.8 Å². The standard InChI is InChI=1S/C12H16O2/c1-2-3-4-7-10-8-5-6-9-11(10)12(13)14/h2-3,5-6,8-9H2,1H3,(H,13,14). The fourth-order valence-electron chi connectivity index (χ4n) is 1.57. The summed E-state index contributed by atoms with van der Waals surface area (Å²) in [4.78, 5) is 10.9. The molecular weight excluding hydrogens is 176 g/mol. The number of unbranched alkanes of at least 4 members (excludes halogenated alkanes) is 1. The molecule has 1 rings (SSSR count). The van der Waals surface area contributed by atoms with Crippen molar-refractivity contribution in [1.82, 2.24) is 0 Å². The Bertz CT molecular complexity index is 302. The van der Waals surface area contributed by atoms with Gasteiger partial charge in [-0.25, -0.2) is 4.79 Å². The molecule has 0 saturated carbocycles. The summed E-state index contributed by atoms with van der Waals surface area (Å²) in [7, 11) is 0. The number of carboxylic acid groups (broad SMARTS) is 1. The Morgan fingerprint density at radius 3 is 2.79 bits per heavy atom. The van der Waals surface area contributed by atoms with Crippen LogP contribution in [0.4, 0.5) is 0 Å². The average Bonchev–Trinajstić information content (AvgIpc) is 2.19. The number of allylic oxidation sites excluding steroid dienone is 1. The first-order valence-corrected chi connectivity index (χ1v) is 5.20. The zero-order valence-corrected chi connectivity index (χ0v) is 8.60. The van der Waals surface area contributed by atoms with Crippen LogP contribution in [-0.2, 0) is 4.79 Å². The van der Waals surface area contributed by atoms with Crippen molar-refractivity contribution in [2.45, 2.75) is 45.4 Å². The van der Waals surface area contributed by atoms with Gasteiger partial charge in [0.05, 0.1) is 0 Å². The smallest absolute Gasteiger partial charge is 0.332 e. The van der Waals surface area contributed by atoms with Crippen molar-refractivity contribution < 1.29 is 9.90 Å². The summed E-state index contributed by atoms with van der Waals surface area (Å²) in [5.74, 6) is 5.23. The Kier molecular flexibility index (Phi) is 4.25. The highest BCUT2D eigenvalue weighted by molar-refractivity contribution is 5.88. The molecule has 0 aromatic heterocycles. The van der Waals surface area contributed by atoms with E-state index in [4.69, 9.17) is 5.11 Å². The molecule has 0 bridgehead atoms. The van der Waals surface area contributed by atoms with Gasteiger partial charge in [-0.2, -0.15) is 0 Å². The van der Waals surface area contributed by atoms with Crippen LogP contribution in [0, 0.1) is 11.8 Å². The average molecular weight is 192 g/mol. The maximum Gasteiger partial charge on any atom is 0.332 e. The third kappa shape index (κ3) is 2.92.